The number of rotatable bonds is 7. The third-order valence-electron chi connectivity index (χ3n) is 12.2. The Morgan fingerprint density at radius 1 is 0.203 bits per heavy atom. The van der Waals surface area contributed by atoms with Gasteiger partial charge in [0.1, 0.15) is 0 Å². The van der Waals surface area contributed by atoms with E-state index in [0.29, 0.717) is 17.5 Å². The van der Waals surface area contributed by atoms with Crippen LogP contribution in [-0.4, -0.2) is 24.9 Å². The molecule has 0 atom stereocenters. The van der Waals surface area contributed by atoms with Gasteiger partial charge in [-0.3, -0.25) is 9.97 Å². The van der Waals surface area contributed by atoms with Gasteiger partial charge in [0.2, 0.25) is 0 Å². The first-order valence-corrected chi connectivity index (χ1v) is 21.4. The summed E-state index contributed by atoms with van der Waals surface area (Å²) in [5, 5.41) is 9.69. The Balaban J connectivity index is 1.04. The van der Waals surface area contributed by atoms with Crippen molar-refractivity contribution in [2.75, 3.05) is 0 Å². The van der Waals surface area contributed by atoms with Crippen molar-refractivity contribution in [3.63, 3.8) is 0 Å². The highest BCUT2D eigenvalue weighted by molar-refractivity contribution is 6.01. The van der Waals surface area contributed by atoms with Gasteiger partial charge in [-0.05, 0) is 154 Å². The van der Waals surface area contributed by atoms with Gasteiger partial charge in [0.25, 0.3) is 0 Å². The zero-order valence-electron chi connectivity index (χ0n) is 34.6. The van der Waals surface area contributed by atoms with Crippen molar-refractivity contribution in [1.82, 2.24) is 24.9 Å². The Hall–Kier alpha value is -8.67. The number of nitrogens with zero attached hydrogens (tertiary/aromatic N) is 5. The first-order chi connectivity index (χ1) is 31.6. The summed E-state index contributed by atoms with van der Waals surface area (Å²) in [4.78, 5) is 24.3. The summed E-state index contributed by atoms with van der Waals surface area (Å²) < 4.78 is 0. The van der Waals surface area contributed by atoms with Crippen LogP contribution in [0.4, 0.5) is 0 Å². The van der Waals surface area contributed by atoms with Crippen molar-refractivity contribution in [3.05, 3.63) is 225 Å². The third kappa shape index (κ3) is 7.11. The van der Waals surface area contributed by atoms with E-state index in [2.05, 4.69) is 198 Å². The lowest BCUT2D eigenvalue weighted by Gasteiger charge is -2.14. The molecular weight excluding hydrogens is 779 g/mol. The van der Waals surface area contributed by atoms with Crippen LogP contribution < -0.4 is 0 Å². The van der Waals surface area contributed by atoms with E-state index in [1.165, 1.54) is 43.1 Å². The molecule has 0 radical (unpaired) electrons. The van der Waals surface area contributed by atoms with E-state index in [9.17, 15) is 0 Å². The van der Waals surface area contributed by atoms with Gasteiger partial charge < -0.3 is 0 Å². The molecule has 0 aliphatic rings. The van der Waals surface area contributed by atoms with Crippen molar-refractivity contribution >= 4 is 43.1 Å². The van der Waals surface area contributed by atoms with Gasteiger partial charge in [-0.2, -0.15) is 0 Å². The SMILES string of the molecule is c1cncc(-c2ccc(-c3nc(-c4ccc(-c5cccnc5)cc4)nc(-c4cc(-c5ccc6cc7ccccc7cc6c5)cc(-c5ccc6cc7ccccc7cc6c5)c4)n3)cc2)c1. The van der Waals surface area contributed by atoms with Crippen molar-refractivity contribution < 1.29 is 0 Å². The first-order valence-electron chi connectivity index (χ1n) is 21.4. The van der Waals surface area contributed by atoms with Crippen molar-refractivity contribution in [1.29, 1.82) is 0 Å². The molecule has 9 aromatic carbocycles. The molecule has 0 saturated carbocycles. The molecule has 64 heavy (non-hydrogen) atoms. The van der Waals surface area contributed by atoms with Crippen LogP contribution in [0.25, 0.3) is 122 Å². The predicted molar refractivity (Wildman–Crippen MR) is 263 cm³/mol. The van der Waals surface area contributed by atoms with Crippen molar-refractivity contribution in [3.8, 4) is 78.7 Å². The maximum atomic E-state index is 5.26. The molecule has 12 rings (SSSR count). The molecular formula is C59H37N5. The van der Waals surface area contributed by atoms with E-state index in [0.717, 1.165) is 61.2 Å². The molecule has 298 valence electrons. The largest absolute Gasteiger partial charge is 0.264 e. The molecule has 12 aromatic rings. The number of benzene rings is 9. The van der Waals surface area contributed by atoms with Gasteiger partial charge in [-0.25, -0.2) is 15.0 Å². The van der Waals surface area contributed by atoms with Gasteiger partial charge in [-0.1, -0.05) is 133 Å². The number of hydrogen-bond donors (Lipinski definition) is 0. The zero-order chi connectivity index (χ0) is 42.4. The van der Waals surface area contributed by atoms with Gasteiger partial charge >= 0.3 is 0 Å². The molecule has 0 bridgehead atoms. The maximum absolute atomic E-state index is 5.26. The summed E-state index contributed by atoms with van der Waals surface area (Å²) in [5.41, 5.74) is 11.3. The number of fused-ring (bicyclic) bond motifs is 4. The summed E-state index contributed by atoms with van der Waals surface area (Å²) in [6.45, 7) is 0. The van der Waals surface area contributed by atoms with E-state index in [4.69, 9.17) is 15.0 Å². The summed E-state index contributed by atoms with van der Waals surface area (Å²) >= 11 is 0. The molecule has 0 N–H and O–H groups in total. The highest BCUT2D eigenvalue weighted by atomic mass is 15.0. The molecule has 0 saturated heterocycles. The Morgan fingerprint density at radius 3 is 0.953 bits per heavy atom. The van der Waals surface area contributed by atoms with Crippen LogP contribution >= 0.6 is 0 Å². The van der Waals surface area contributed by atoms with E-state index < -0.39 is 0 Å². The number of pyridine rings is 2. The normalized spacial score (nSPS) is 11.4. The Labute approximate surface area is 370 Å². The summed E-state index contributed by atoms with van der Waals surface area (Å²) in [5.74, 6) is 1.78. The van der Waals surface area contributed by atoms with E-state index in [1.807, 2.05) is 24.5 Å². The smallest absolute Gasteiger partial charge is 0.164 e. The summed E-state index contributed by atoms with van der Waals surface area (Å²) in [6, 6.07) is 71.2. The van der Waals surface area contributed by atoms with E-state index >= 15 is 0 Å². The van der Waals surface area contributed by atoms with Crippen LogP contribution in [0.2, 0.25) is 0 Å². The maximum Gasteiger partial charge on any atom is 0.164 e. The standard InChI is InChI=1S/C59H37N5/c1-3-9-44-29-52-31-48(23-21-46(52)27-42(44)7-1)54-33-55(49-24-22-47-28-43-8-2-4-10-45(43)30-53(47)32-49)35-56(34-54)59-63-57(40-17-13-38(14-18-40)50-11-5-25-60-36-50)62-58(64-59)41-19-15-39(16-20-41)51-12-6-26-61-37-51/h1-37H. The first kappa shape index (κ1) is 37.1. The zero-order valence-corrected chi connectivity index (χ0v) is 34.6. The Morgan fingerprint density at radius 2 is 0.547 bits per heavy atom. The molecule has 0 spiro atoms. The average molecular weight is 816 g/mol. The topological polar surface area (TPSA) is 64.5 Å². The van der Waals surface area contributed by atoms with Crippen LogP contribution in [0.15, 0.2) is 225 Å². The fourth-order valence-corrected chi connectivity index (χ4v) is 8.78. The minimum absolute atomic E-state index is 0.592. The summed E-state index contributed by atoms with van der Waals surface area (Å²) in [7, 11) is 0. The van der Waals surface area contributed by atoms with Crippen LogP contribution in [-0.2, 0) is 0 Å². The highest BCUT2D eigenvalue weighted by Crippen LogP contribution is 2.37. The van der Waals surface area contributed by atoms with Crippen molar-refractivity contribution in [2.45, 2.75) is 0 Å². The lowest BCUT2D eigenvalue weighted by Crippen LogP contribution is -2.01. The molecule has 0 amide bonds. The second-order valence-electron chi connectivity index (χ2n) is 16.3. The molecule has 3 aromatic heterocycles. The Kier molecular flexibility index (Phi) is 9.08. The van der Waals surface area contributed by atoms with Crippen LogP contribution in [0, 0.1) is 0 Å². The molecule has 3 heterocycles. The molecule has 0 fully saturated rings. The molecule has 0 aliphatic carbocycles. The quantitative estimate of drug-likeness (QED) is 0.150. The number of hydrogen-bond acceptors (Lipinski definition) is 5. The lowest BCUT2D eigenvalue weighted by atomic mass is 9.92. The van der Waals surface area contributed by atoms with Gasteiger partial charge in [0.05, 0.1) is 0 Å². The van der Waals surface area contributed by atoms with Crippen LogP contribution in [0.1, 0.15) is 0 Å². The highest BCUT2D eigenvalue weighted by Gasteiger charge is 2.16. The predicted octanol–water partition coefficient (Wildman–Crippen LogP) is 14.9. The van der Waals surface area contributed by atoms with Gasteiger partial charge in [0.15, 0.2) is 17.5 Å². The third-order valence-corrected chi connectivity index (χ3v) is 12.2. The second kappa shape index (κ2) is 15.7. The van der Waals surface area contributed by atoms with Crippen molar-refractivity contribution in [2.24, 2.45) is 0 Å². The van der Waals surface area contributed by atoms with Crippen LogP contribution in [0.3, 0.4) is 0 Å². The second-order valence-corrected chi connectivity index (χ2v) is 16.3. The molecule has 0 unspecified atom stereocenters. The molecule has 5 heteroatoms. The van der Waals surface area contributed by atoms with Gasteiger partial charge in [0, 0.05) is 41.5 Å². The Bertz CT molecular complexity index is 3460. The fraction of sp³-hybridized carbons (Fsp3) is 0. The number of aromatic nitrogens is 5. The van der Waals surface area contributed by atoms with Gasteiger partial charge in [-0.15, -0.1) is 0 Å². The monoisotopic (exact) mass is 815 g/mol. The molecule has 0 aliphatic heterocycles. The van der Waals surface area contributed by atoms with E-state index in [1.54, 1.807) is 12.4 Å². The van der Waals surface area contributed by atoms with E-state index in [-0.39, 0.29) is 0 Å². The minimum atomic E-state index is 0.592. The molecule has 5 nitrogen and oxygen atoms in total. The average Bonchev–Trinajstić information content (AvgIpc) is 3.37. The van der Waals surface area contributed by atoms with Crippen LogP contribution in [0.5, 0.6) is 0 Å². The minimum Gasteiger partial charge on any atom is -0.264 e. The fourth-order valence-electron chi connectivity index (χ4n) is 8.78. The lowest BCUT2D eigenvalue weighted by molar-refractivity contribution is 1.07. The summed E-state index contributed by atoms with van der Waals surface area (Å²) in [6.07, 6.45) is 7.34.